The second-order valence-corrected chi connectivity index (χ2v) is 4.73. The van der Waals surface area contributed by atoms with Crippen LogP contribution in [-0.4, -0.2) is 11.7 Å². The smallest absolute Gasteiger partial charge is 0.228 e. The zero-order valence-electron chi connectivity index (χ0n) is 11.4. The van der Waals surface area contributed by atoms with E-state index in [0.717, 1.165) is 11.1 Å². The van der Waals surface area contributed by atoms with Crippen LogP contribution in [-0.2, 0) is 11.3 Å². The molecule has 0 bridgehead atoms. The molecule has 20 heavy (non-hydrogen) atoms. The summed E-state index contributed by atoms with van der Waals surface area (Å²) in [5, 5.41) is 2.75. The molecule has 0 atom stereocenters. The zero-order valence-corrected chi connectivity index (χ0v) is 11.4. The topological polar surface area (TPSA) is 46.2 Å². The average molecular weight is 267 g/mol. The molecule has 3 heteroatoms. The van der Waals surface area contributed by atoms with Crippen molar-refractivity contribution >= 4 is 11.7 Å². The number of carbonyl (C=O) groups is 2. The Morgan fingerprint density at radius 2 is 1.60 bits per heavy atom. The van der Waals surface area contributed by atoms with E-state index in [-0.39, 0.29) is 18.1 Å². The van der Waals surface area contributed by atoms with Crippen molar-refractivity contribution in [3.8, 4) is 0 Å². The number of hydrogen-bond acceptors (Lipinski definition) is 2. The molecular formula is C17H17NO2. The lowest BCUT2D eigenvalue weighted by Crippen LogP contribution is -2.25. The van der Waals surface area contributed by atoms with E-state index in [1.54, 1.807) is 12.1 Å². The fourth-order valence-electron chi connectivity index (χ4n) is 1.85. The van der Waals surface area contributed by atoms with Crippen LogP contribution in [0.25, 0.3) is 0 Å². The van der Waals surface area contributed by atoms with Gasteiger partial charge in [-0.1, -0.05) is 60.2 Å². The van der Waals surface area contributed by atoms with Gasteiger partial charge in [-0.2, -0.15) is 0 Å². The molecule has 1 amide bonds. The Hall–Kier alpha value is -2.42. The van der Waals surface area contributed by atoms with Crippen LogP contribution in [0.4, 0.5) is 0 Å². The van der Waals surface area contributed by atoms with E-state index in [0.29, 0.717) is 12.1 Å². The summed E-state index contributed by atoms with van der Waals surface area (Å²) in [6.45, 7) is 2.40. The van der Waals surface area contributed by atoms with Gasteiger partial charge >= 0.3 is 0 Å². The van der Waals surface area contributed by atoms with Crippen molar-refractivity contribution in [1.29, 1.82) is 0 Å². The van der Waals surface area contributed by atoms with Crippen LogP contribution in [0.2, 0.25) is 0 Å². The Balaban J connectivity index is 1.85. The van der Waals surface area contributed by atoms with Crippen molar-refractivity contribution in [3.05, 3.63) is 71.3 Å². The van der Waals surface area contributed by atoms with Gasteiger partial charge in [0.25, 0.3) is 0 Å². The van der Waals surface area contributed by atoms with Gasteiger partial charge in [-0.25, -0.2) is 0 Å². The molecule has 0 aliphatic carbocycles. The van der Waals surface area contributed by atoms with E-state index >= 15 is 0 Å². The Bertz CT molecular complexity index is 588. The largest absolute Gasteiger partial charge is 0.352 e. The van der Waals surface area contributed by atoms with E-state index in [1.165, 1.54) is 0 Å². The maximum absolute atomic E-state index is 11.9. The first kappa shape index (κ1) is 14.0. The molecule has 102 valence electrons. The first-order valence-electron chi connectivity index (χ1n) is 6.55. The number of ketones is 1. The SMILES string of the molecule is Cc1ccc(C(=O)CC(=O)NCc2ccccc2)cc1. The van der Waals surface area contributed by atoms with Gasteiger partial charge in [0.15, 0.2) is 5.78 Å². The molecule has 0 fully saturated rings. The number of hydrogen-bond donors (Lipinski definition) is 1. The molecule has 0 aromatic heterocycles. The highest BCUT2D eigenvalue weighted by Crippen LogP contribution is 2.06. The minimum absolute atomic E-state index is 0.115. The molecule has 0 radical (unpaired) electrons. The third kappa shape index (κ3) is 4.05. The Labute approximate surface area is 118 Å². The molecule has 0 saturated heterocycles. The molecule has 2 rings (SSSR count). The zero-order chi connectivity index (χ0) is 14.4. The molecule has 0 saturated carbocycles. The lowest BCUT2D eigenvalue weighted by molar-refractivity contribution is -0.120. The summed E-state index contributed by atoms with van der Waals surface area (Å²) in [6.07, 6.45) is -0.115. The number of nitrogens with one attached hydrogen (secondary N) is 1. The van der Waals surface area contributed by atoms with E-state index in [4.69, 9.17) is 0 Å². The Kier molecular flexibility index (Phi) is 4.66. The number of Topliss-reactive ketones (excluding diaryl/α,β-unsaturated/α-hetero) is 1. The van der Waals surface area contributed by atoms with Crippen LogP contribution in [0.1, 0.15) is 27.9 Å². The minimum Gasteiger partial charge on any atom is -0.352 e. The normalized spacial score (nSPS) is 10.1. The highest BCUT2D eigenvalue weighted by atomic mass is 16.2. The first-order chi connectivity index (χ1) is 9.65. The van der Waals surface area contributed by atoms with Crippen LogP contribution in [0.5, 0.6) is 0 Å². The molecule has 3 nitrogen and oxygen atoms in total. The predicted molar refractivity (Wildman–Crippen MR) is 78.4 cm³/mol. The van der Waals surface area contributed by atoms with Crippen LogP contribution in [0, 0.1) is 6.92 Å². The van der Waals surface area contributed by atoms with Crippen molar-refractivity contribution in [3.63, 3.8) is 0 Å². The molecule has 0 spiro atoms. The number of amides is 1. The maximum atomic E-state index is 11.9. The highest BCUT2D eigenvalue weighted by molar-refractivity contribution is 6.07. The summed E-state index contributed by atoms with van der Waals surface area (Å²) < 4.78 is 0. The van der Waals surface area contributed by atoms with E-state index in [1.807, 2.05) is 49.4 Å². The molecule has 2 aromatic rings. The number of benzene rings is 2. The standard InChI is InChI=1S/C17H17NO2/c1-13-7-9-15(10-8-13)16(19)11-17(20)18-12-14-5-3-2-4-6-14/h2-10H,11-12H2,1H3,(H,18,20). The maximum Gasteiger partial charge on any atom is 0.228 e. The fourth-order valence-corrected chi connectivity index (χ4v) is 1.85. The molecule has 0 aliphatic rings. The molecular weight excluding hydrogens is 250 g/mol. The molecule has 0 unspecified atom stereocenters. The van der Waals surface area contributed by atoms with Crippen molar-refractivity contribution in [2.75, 3.05) is 0 Å². The molecule has 0 aliphatic heterocycles. The molecule has 2 aromatic carbocycles. The van der Waals surface area contributed by atoms with Crippen LogP contribution in [0.3, 0.4) is 0 Å². The van der Waals surface area contributed by atoms with Crippen molar-refractivity contribution < 1.29 is 9.59 Å². The van der Waals surface area contributed by atoms with Gasteiger partial charge in [0.2, 0.25) is 5.91 Å². The number of aryl methyl sites for hydroxylation is 1. The summed E-state index contributed by atoms with van der Waals surface area (Å²) in [5.41, 5.74) is 2.68. The molecule has 0 heterocycles. The summed E-state index contributed by atoms with van der Waals surface area (Å²) in [6, 6.07) is 16.9. The lowest BCUT2D eigenvalue weighted by Gasteiger charge is -2.05. The summed E-state index contributed by atoms with van der Waals surface area (Å²) in [5.74, 6) is -0.407. The minimum atomic E-state index is -0.251. The second kappa shape index (κ2) is 6.66. The van der Waals surface area contributed by atoms with Crippen molar-refractivity contribution in [1.82, 2.24) is 5.32 Å². The predicted octanol–water partition coefficient (Wildman–Crippen LogP) is 2.88. The first-order valence-corrected chi connectivity index (χ1v) is 6.55. The fraction of sp³-hybridized carbons (Fsp3) is 0.176. The van der Waals surface area contributed by atoms with Gasteiger partial charge in [0.05, 0.1) is 6.42 Å². The third-order valence-corrected chi connectivity index (χ3v) is 3.03. The van der Waals surface area contributed by atoms with Crippen LogP contribution >= 0.6 is 0 Å². The quantitative estimate of drug-likeness (QED) is 0.669. The van der Waals surface area contributed by atoms with Crippen molar-refractivity contribution in [2.24, 2.45) is 0 Å². The van der Waals surface area contributed by atoms with Gasteiger partial charge in [-0.3, -0.25) is 9.59 Å². The van der Waals surface area contributed by atoms with Crippen molar-refractivity contribution in [2.45, 2.75) is 19.9 Å². The Morgan fingerprint density at radius 3 is 2.25 bits per heavy atom. The second-order valence-electron chi connectivity index (χ2n) is 4.73. The van der Waals surface area contributed by atoms with E-state index in [2.05, 4.69) is 5.32 Å². The number of rotatable bonds is 5. The van der Waals surface area contributed by atoms with Crippen LogP contribution < -0.4 is 5.32 Å². The highest BCUT2D eigenvalue weighted by Gasteiger charge is 2.11. The molecule has 1 N–H and O–H groups in total. The van der Waals surface area contributed by atoms with Gasteiger partial charge in [-0.15, -0.1) is 0 Å². The van der Waals surface area contributed by atoms with Gasteiger partial charge in [0, 0.05) is 12.1 Å². The van der Waals surface area contributed by atoms with Gasteiger partial charge < -0.3 is 5.32 Å². The van der Waals surface area contributed by atoms with Gasteiger partial charge in [-0.05, 0) is 12.5 Å². The average Bonchev–Trinajstić information content (AvgIpc) is 2.47. The van der Waals surface area contributed by atoms with Gasteiger partial charge in [0.1, 0.15) is 0 Å². The Morgan fingerprint density at radius 1 is 0.950 bits per heavy atom. The van der Waals surface area contributed by atoms with E-state index in [9.17, 15) is 9.59 Å². The van der Waals surface area contributed by atoms with E-state index < -0.39 is 0 Å². The summed E-state index contributed by atoms with van der Waals surface area (Å²) >= 11 is 0. The lowest BCUT2D eigenvalue weighted by atomic mass is 10.1. The summed E-state index contributed by atoms with van der Waals surface area (Å²) in [4.78, 5) is 23.7. The third-order valence-electron chi connectivity index (χ3n) is 3.03. The summed E-state index contributed by atoms with van der Waals surface area (Å²) in [7, 11) is 0. The monoisotopic (exact) mass is 267 g/mol. The number of carbonyl (C=O) groups excluding carboxylic acids is 2. The van der Waals surface area contributed by atoms with Crippen LogP contribution in [0.15, 0.2) is 54.6 Å².